The molecule has 0 radical (unpaired) electrons. The highest BCUT2D eigenvalue weighted by Gasteiger charge is 2.12. The van der Waals surface area contributed by atoms with Crippen LogP contribution in [0.5, 0.6) is 0 Å². The zero-order valence-electron chi connectivity index (χ0n) is 19.3. The van der Waals surface area contributed by atoms with Gasteiger partial charge in [0.15, 0.2) is 0 Å². The van der Waals surface area contributed by atoms with Crippen LogP contribution in [0.1, 0.15) is 37.4 Å². The summed E-state index contributed by atoms with van der Waals surface area (Å²) in [6, 6.07) is 24.7. The standard InChI is InChI=1S/C29H26N4O2/c34-28(24-7-2-5-22(15-24)25-8-3-12-30-18-25)32-17-20-4-1-6-23(14-20)29(35)33-27-10-9-21-11-13-31-19-26(21)16-27/h1-10,12,14-16,18,31H,11,13,17,19H2,(H,32,34)(H,33,35). The van der Waals surface area contributed by atoms with Gasteiger partial charge in [0.2, 0.25) is 0 Å². The molecule has 0 bridgehead atoms. The average Bonchev–Trinajstić information content (AvgIpc) is 2.92. The van der Waals surface area contributed by atoms with Crippen molar-refractivity contribution < 1.29 is 9.59 Å². The van der Waals surface area contributed by atoms with Gasteiger partial charge in [0, 0.05) is 47.9 Å². The lowest BCUT2D eigenvalue weighted by molar-refractivity contribution is 0.0950. The van der Waals surface area contributed by atoms with E-state index in [0.717, 1.165) is 41.9 Å². The molecule has 35 heavy (non-hydrogen) atoms. The number of rotatable bonds is 6. The van der Waals surface area contributed by atoms with E-state index in [1.54, 1.807) is 24.5 Å². The van der Waals surface area contributed by atoms with Gasteiger partial charge in [0.25, 0.3) is 11.8 Å². The molecule has 1 aliphatic heterocycles. The molecule has 1 aliphatic rings. The van der Waals surface area contributed by atoms with E-state index >= 15 is 0 Å². The third-order valence-electron chi connectivity index (χ3n) is 6.11. The van der Waals surface area contributed by atoms with Crippen molar-refractivity contribution in [2.75, 3.05) is 11.9 Å². The summed E-state index contributed by atoms with van der Waals surface area (Å²) in [7, 11) is 0. The number of hydrogen-bond donors (Lipinski definition) is 3. The molecule has 0 spiro atoms. The molecule has 1 aromatic heterocycles. The number of hydrogen-bond acceptors (Lipinski definition) is 4. The first-order valence-corrected chi connectivity index (χ1v) is 11.7. The van der Waals surface area contributed by atoms with E-state index in [9.17, 15) is 9.59 Å². The van der Waals surface area contributed by atoms with Crippen LogP contribution >= 0.6 is 0 Å². The molecular weight excluding hydrogens is 436 g/mol. The molecule has 0 atom stereocenters. The maximum Gasteiger partial charge on any atom is 0.255 e. The number of anilines is 1. The van der Waals surface area contributed by atoms with Crippen molar-refractivity contribution in [2.45, 2.75) is 19.5 Å². The Hall–Kier alpha value is -4.29. The van der Waals surface area contributed by atoms with Crippen molar-refractivity contribution in [1.82, 2.24) is 15.6 Å². The van der Waals surface area contributed by atoms with Gasteiger partial charge in [-0.2, -0.15) is 0 Å². The molecule has 2 heterocycles. The highest BCUT2D eigenvalue weighted by atomic mass is 16.2. The van der Waals surface area contributed by atoms with E-state index in [1.807, 2.05) is 60.7 Å². The Bertz CT molecular complexity index is 1370. The van der Waals surface area contributed by atoms with Gasteiger partial charge < -0.3 is 16.0 Å². The summed E-state index contributed by atoms with van der Waals surface area (Å²) in [5.74, 6) is -0.348. The Balaban J connectivity index is 1.23. The quantitative estimate of drug-likeness (QED) is 0.392. The second-order valence-corrected chi connectivity index (χ2v) is 8.57. The lowest BCUT2D eigenvalue weighted by atomic mass is 10.0. The molecule has 2 amide bonds. The molecule has 0 saturated carbocycles. The normalized spacial score (nSPS) is 12.5. The molecule has 5 rings (SSSR count). The van der Waals surface area contributed by atoms with Gasteiger partial charge in [0.05, 0.1) is 0 Å². The highest BCUT2D eigenvalue weighted by Crippen LogP contribution is 2.21. The Kier molecular flexibility index (Phi) is 6.63. The number of nitrogens with zero attached hydrogens (tertiary/aromatic N) is 1. The van der Waals surface area contributed by atoms with Gasteiger partial charge in [0.1, 0.15) is 0 Å². The molecule has 0 unspecified atom stereocenters. The number of nitrogens with one attached hydrogen (secondary N) is 3. The first-order valence-electron chi connectivity index (χ1n) is 11.7. The number of fused-ring (bicyclic) bond motifs is 1. The van der Waals surface area contributed by atoms with Crippen molar-refractivity contribution in [3.05, 3.63) is 119 Å². The molecule has 4 aromatic rings. The lowest BCUT2D eigenvalue weighted by Crippen LogP contribution is -2.24. The Morgan fingerprint density at radius 3 is 2.51 bits per heavy atom. The second-order valence-electron chi connectivity index (χ2n) is 8.57. The molecule has 3 aromatic carbocycles. The summed E-state index contributed by atoms with van der Waals surface area (Å²) >= 11 is 0. The predicted octanol–water partition coefficient (Wildman–Crippen LogP) is 4.58. The van der Waals surface area contributed by atoms with Crippen LogP contribution in [0.3, 0.4) is 0 Å². The monoisotopic (exact) mass is 462 g/mol. The van der Waals surface area contributed by atoms with E-state index in [2.05, 4.69) is 27.0 Å². The first-order chi connectivity index (χ1) is 17.2. The van der Waals surface area contributed by atoms with Gasteiger partial charge in [-0.25, -0.2) is 0 Å². The zero-order chi connectivity index (χ0) is 24.0. The maximum atomic E-state index is 12.8. The molecule has 6 nitrogen and oxygen atoms in total. The van der Waals surface area contributed by atoms with Crippen molar-refractivity contribution in [3.63, 3.8) is 0 Å². The summed E-state index contributed by atoms with van der Waals surface area (Å²) in [4.78, 5) is 29.8. The highest BCUT2D eigenvalue weighted by molar-refractivity contribution is 6.04. The fourth-order valence-corrected chi connectivity index (χ4v) is 4.24. The van der Waals surface area contributed by atoms with Crippen molar-refractivity contribution >= 4 is 17.5 Å². The molecule has 6 heteroatoms. The van der Waals surface area contributed by atoms with Crippen LogP contribution < -0.4 is 16.0 Å². The summed E-state index contributed by atoms with van der Waals surface area (Å²) < 4.78 is 0. The van der Waals surface area contributed by atoms with Gasteiger partial charge >= 0.3 is 0 Å². The average molecular weight is 463 g/mol. The van der Waals surface area contributed by atoms with Crippen LogP contribution in [-0.2, 0) is 19.5 Å². The van der Waals surface area contributed by atoms with Crippen LogP contribution in [0.15, 0.2) is 91.3 Å². The third kappa shape index (κ3) is 5.45. The molecule has 0 aliphatic carbocycles. The van der Waals surface area contributed by atoms with Crippen LogP contribution in [0, 0.1) is 0 Å². The number of benzene rings is 3. The van der Waals surface area contributed by atoms with Crippen LogP contribution in [0.4, 0.5) is 5.69 Å². The van der Waals surface area contributed by atoms with E-state index in [-0.39, 0.29) is 11.8 Å². The van der Waals surface area contributed by atoms with E-state index in [0.29, 0.717) is 17.7 Å². The largest absolute Gasteiger partial charge is 0.348 e. The van der Waals surface area contributed by atoms with Crippen molar-refractivity contribution in [1.29, 1.82) is 0 Å². The summed E-state index contributed by atoms with van der Waals surface area (Å²) in [5, 5.41) is 9.30. The molecular formula is C29H26N4O2. The predicted molar refractivity (Wildman–Crippen MR) is 137 cm³/mol. The zero-order valence-corrected chi connectivity index (χ0v) is 19.3. The van der Waals surface area contributed by atoms with E-state index in [4.69, 9.17) is 0 Å². The minimum Gasteiger partial charge on any atom is -0.348 e. The van der Waals surface area contributed by atoms with Gasteiger partial charge in [-0.15, -0.1) is 0 Å². The number of carbonyl (C=O) groups is 2. The molecule has 3 N–H and O–H groups in total. The molecule has 174 valence electrons. The minimum atomic E-state index is -0.175. The maximum absolute atomic E-state index is 12.8. The molecule has 0 saturated heterocycles. The SMILES string of the molecule is O=C(NCc1cccc(C(=O)Nc2ccc3c(c2)CNCC3)c1)c1cccc(-c2cccnc2)c1. The Morgan fingerprint density at radius 2 is 1.66 bits per heavy atom. The van der Waals surface area contributed by atoms with Crippen LogP contribution in [-0.4, -0.2) is 23.3 Å². The van der Waals surface area contributed by atoms with Crippen LogP contribution in [0.25, 0.3) is 11.1 Å². The number of aromatic nitrogens is 1. The van der Waals surface area contributed by atoms with Crippen LogP contribution in [0.2, 0.25) is 0 Å². The summed E-state index contributed by atoms with van der Waals surface area (Å²) in [5.41, 5.74) is 7.18. The topological polar surface area (TPSA) is 83.1 Å². The lowest BCUT2D eigenvalue weighted by Gasteiger charge is -2.18. The summed E-state index contributed by atoms with van der Waals surface area (Å²) in [6.07, 6.45) is 4.50. The van der Waals surface area contributed by atoms with E-state index in [1.165, 1.54) is 11.1 Å². The second kappa shape index (κ2) is 10.3. The molecule has 0 fully saturated rings. The number of pyridine rings is 1. The van der Waals surface area contributed by atoms with Crippen molar-refractivity contribution in [3.8, 4) is 11.1 Å². The number of amides is 2. The Labute approximate surface area is 204 Å². The minimum absolute atomic E-state index is 0.173. The first kappa shape index (κ1) is 22.5. The van der Waals surface area contributed by atoms with Gasteiger partial charge in [-0.3, -0.25) is 14.6 Å². The van der Waals surface area contributed by atoms with Gasteiger partial charge in [-0.05, 0) is 77.7 Å². The fourth-order valence-electron chi connectivity index (χ4n) is 4.24. The summed E-state index contributed by atoms with van der Waals surface area (Å²) in [6.45, 7) is 2.12. The Morgan fingerprint density at radius 1 is 0.829 bits per heavy atom. The van der Waals surface area contributed by atoms with E-state index < -0.39 is 0 Å². The third-order valence-corrected chi connectivity index (χ3v) is 6.11. The fraction of sp³-hybridized carbons (Fsp3) is 0.138. The van der Waals surface area contributed by atoms with Gasteiger partial charge in [-0.1, -0.05) is 36.4 Å². The number of carbonyl (C=O) groups excluding carboxylic acids is 2. The van der Waals surface area contributed by atoms with Crippen molar-refractivity contribution in [2.24, 2.45) is 0 Å². The smallest absolute Gasteiger partial charge is 0.255 e.